The average Bonchev–Trinajstić information content (AvgIpc) is 2.51. The van der Waals surface area contributed by atoms with Crippen molar-refractivity contribution in [1.29, 1.82) is 0 Å². The number of hydrogen-bond acceptors (Lipinski definition) is 2. The largest absolute Gasteiger partial charge is 0.364 e. The Labute approximate surface area is 82.3 Å². The lowest BCUT2D eigenvalue weighted by Gasteiger charge is -2.37. The topological polar surface area (TPSA) is 12.5 Å². The molecule has 13 heavy (non-hydrogen) atoms. The Hall–Kier alpha value is -0.0800. The summed E-state index contributed by atoms with van der Waals surface area (Å²) in [6, 6.07) is 0. The lowest BCUT2D eigenvalue weighted by atomic mass is 10.0. The predicted octanol–water partition coefficient (Wildman–Crippen LogP) is 2.64. The summed E-state index contributed by atoms with van der Waals surface area (Å²) in [7, 11) is 1.86. The van der Waals surface area contributed by atoms with Crippen molar-refractivity contribution >= 4 is 0 Å². The quantitative estimate of drug-likeness (QED) is 0.653. The van der Waals surface area contributed by atoms with Gasteiger partial charge in [-0.15, -0.1) is 0 Å². The first-order valence-electron chi connectivity index (χ1n) is 5.59. The van der Waals surface area contributed by atoms with Crippen LogP contribution in [0.2, 0.25) is 0 Å². The molecular formula is C11H23NO. The summed E-state index contributed by atoms with van der Waals surface area (Å²) in [5.41, 5.74) is 0.0881. The second kappa shape index (κ2) is 4.97. The number of ether oxygens (including phenoxy) is 1. The van der Waals surface area contributed by atoms with Crippen LogP contribution in [0, 0.1) is 0 Å². The Kier molecular flexibility index (Phi) is 4.20. The molecule has 1 fully saturated rings. The minimum Gasteiger partial charge on any atom is -0.364 e. The zero-order valence-corrected chi connectivity index (χ0v) is 9.31. The Morgan fingerprint density at radius 1 is 1.31 bits per heavy atom. The van der Waals surface area contributed by atoms with Gasteiger partial charge in [0.2, 0.25) is 0 Å². The molecule has 1 saturated heterocycles. The molecule has 78 valence electrons. The van der Waals surface area contributed by atoms with E-state index < -0.39 is 0 Å². The van der Waals surface area contributed by atoms with Gasteiger partial charge in [-0.1, -0.05) is 20.3 Å². The van der Waals surface area contributed by atoms with Crippen molar-refractivity contribution in [3.63, 3.8) is 0 Å². The Morgan fingerprint density at radius 3 is 2.62 bits per heavy atom. The average molecular weight is 185 g/mol. The van der Waals surface area contributed by atoms with Gasteiger partial charge in [0.1, 0.15) is 5.72 Å². The van der Waals surface area contributed by atoms with Crippen LogP contribution in [0.4, 0.5) is 0 Å². The lowest BCUT2D eigenvalue weighted by Crippen LogP contribution is -2.45. The van der Waals surface area contributed by atoms with Crippen molar-refractivity contribution < 1.29 is 4.74 Å². The highest BCUT2D eigenvalue weighted by atomic mass is 16.5. The van der Waals surface area contributed by atoms with E-state index in [1.54, 1.807) is 0 Å². The number of likely N-dealkylation sites (tertiary alicyclic amines) is 1. The molecule has 1 atom stereocenters. The molecule has 1 aliphatic heterocycles. The van der Waals surface area contributed by atoms with E-state index in [4.69, 9.17) is 4.74 Å². The zero-order chi connectivity index (χ0) is 9.73. The molecule has 0 N–H and O–H groups in total. The van der Waals surface area contributed by atoms with E-state index in [-0.39, 0.29) is 5.72 Å². The monoisotopic (exact) mass is 185 g/mol. The Morgan fingerprint density at radius 2 is 2.08 bits per heavy atom. The van der Waals surface area contributed by atoms with Crippen LogP contribution >= 0.6 is 0 Å². The van der Waals surface area contributed by atoms with Crippen molar-refractivity contribution in [2.45, 2.75) is 51.7 Å². The van der Waals surface area contributed by atoms with Crippen LogP contribution in [0.5, 0.6) is 0 Å². The molecule has 1 heterocycles. The highest BCUT2D eigenvalue weighted by Crippen LogP contribution is 2.33. The molecular weight excluding hydrogens is 162 g/mol. The fraction of sp³-hybridized carbons (Fsp3) is 1.00. The van der Waals surface area contributed by atoms with Gasteiger partial charge in [-0.3, -0.25) is 4.90 Å². The fourth-order valence-corrected chi connectivity index (χ4v) is 2.50. The molecule has 1 rings (SSSR count). The standard InChI is InChI=1S/C11H23NO/c1-4-7-11(13-3)8-6-10-12(11)9-5-2/h4-10H2,1-3H3. The first-order valence-corrected chi connectivity index (χ1v) is 5.59. The maximum absolute atomic E-state index is 5.73. The Bertz CT molecular complexity index is 149. The molecule has 2 heteroatoms. The minimum atomic E-state index is 0.0881. The Balaban J connectivity index is 2.59. The third kappa shape index (κ3) is 2.23. The van der Waals surface area contributed by atoms with Crippen LogP contribution in [0.1, 0.15) is 46.0 Å². The number of hydrogen-bond donors (Lipinski definition) is 0. The summed E-state index contributed by atoms with van der Waals surface area (Å²) in [5.74, 6) is 0. The van der Waals surface area contributed by atoms with Crippen molar-refractivity contribution in [3.8, 4) is 0 Å². The summed E-state index contributed by atoms with van der Waals surface area (Å²) < 4.78 is 5.73. The molecule has 0 amide bonds. The van der Waals surface area contributed by atoms with Crippen LogP contribution in [-0.2, 0) is 4.74 Å². The van der Waals surface area contributed by atoms with Crippen LogP contribution in [0.25, 0.3) is 0 Å². The van der Waals surface area contributed by atoms with Gasteiger partial charge in [-0.2, -0.15) is 0 Å². The normalized spacial score (nSPS) is 29.8. The number of nitrogens with zero attached hydrogens (tertiary/aromatic N) is 1. The van der Waals surface area contributed by atoms with E-state index >= 15 is 0 Å². The molecule has 0 spiro atoms. The molecule has 0 aromatic rings. The van der Waals surface area contributed by atoms with Gasteiger partial charge in [0.25, 0.3) is 0 Å². The first kappa shape index (κ1) is 11.0. The minimum absolute atomic E-state index is 0.0881. The third-order valence-corrected chi connectivity index (χ3v) is 3.09. The van der Waals surface area contributed by atoms with Crippen molar-refractivity contribution in [1.82, 2.24) is 4.90 Å². The van der Waals surface area contributed by atoms with Crippen molar-refractivity contribution in [3.05, 3.63) is 0 Å². The lowest BCUT2D eigenvalue weighted by molar-refractivity contribution is -0.118. The van der Waals surface area contributed by atoms with E-state index in [1.807, 2.05) is 7.11 Å². The van der Waals surface area contributed by atoms with E-state index in [0.717, 1.165) is 0 Å². The maximum Gasteiger partial charge on any atom is 0.121 e. The molecule has 0 saturated carbocycles. The van der Waals surface area contributed by atoms with E-state index in [0.29, 0.717) is 0 Å². The second-order valence-corrected chi connectivity index (χ2v) is 3.99. The van der Waals surface area contributed by atoms with Crippen molar-refractivity contribution in [2.75, 3.05) is 20.2 Å². The van der Waals surface area contributed by atoms with Crippen LogP contribution in [0.3, 0.4) is 0 Å². The van der Waals surface area contributed by atoms with Gasteiger partial charge in [0, 0.05) is 20.2 Å². The predicted molar refractivity (Wildman–Crippen MR) is 55.7 cm³/mol. The summed E-state index contributed by atoms with van der Waals surface area (Å²) in [6.45, 7) is 6.89. The summed E-state index contributed by atoms with van der Waals surface area (Å²) in [6.07, 6.45) is 6.15. The SMILES string of the molecule is CCCN1CCCC1(CCC)OC. The van der Waals surface area contributed by atoms with E-state index in [9.17, 15) is 0 Å². The maximum atomic E-state index is 5.73. The molecule has 0 aliphatic carbocycles. The van der Waals surface area contributed by atoms with E-state index in [2.05, 4.69) is 18.7 Å². The van der Waals surface area contributed by atoms with Gasteiger partial charge in [-0.25, -0.2) is 0 Å². The highest BCUT2D eigenvalue weighted by molar-refractivity contribution is 4.87. The second-order valence-electron chi connectivity index (χ2n) is 3.99. The molecule has 1 unspecified atom stereocenters. The van der Waals surface area contributed by atoms with Gasteiger partial charge in [0.05, 0.1) is 0 Å². The fourth-order valence-electron chi connectivity index (χ4n) is 2.50. The van der Waals surface area contributed by atoms with Crippen LogP contribution < -0.4 is 0 Å². The third-order valence-electron chi connectivity index (χ3n) is 3.09. The molecule has 2 nitrogen and oxygen atoms in total. The molecule has 0 radical (unpaired) electrons. The molecule has 0 aromatic heterocycles. The van der Waals surface area contributed by atoms with Crippen LogP contribution in [0.15, 0.2) is 0 Å². The van der Waals surface area contributed by atoms with Crippen LogP contribution in [-0.4, -0.2) is 30.8 Å². The van der Waals surface area contributed by atoms with Crippen molar-refractivity contribution in [2.24, 2.45) is 0 Å². The van der Waals surface area contributed by atoms with Gasteiger partial charge >= 0.3 is 0 Å². The summed E-state index contributed by atoms with van der Waals surface area (Å²) in [4.78, 5) is 2.52. The molecule has 1 aliphatic rings. The highest BCUT2D eigenvalue weighted by Gasteiger charge is 2.39. The van der Waals surface area contributed by atoms with Gasteiger partial charge in [-0.05, 0) is 25.7 Å². The summed E-state index contributed by atoms with van der Waals surface area (Å²) in [5, 5.41) is 0. The van der Waals surface area contributed by atoms with E-state index in [1.165, 1.54) is 45.2 Å². The zero-order valence-electron chi connectivity index (χ0n) is 9.31. The number of methoxy groups -OCH3 is 1. The summed E-state index contributed by atoms with van der Waals surface area (Å²) >= 11 is 0. The van der Waals surface area contributed by atoms with Gasteiger partial charge < -0.3 is 4.74 Å². The van der Waals surface area contributed by atoms with Gasteiger partial charge in [0.15, 0.2) is 0 Å². The molecule has 0 bridgehead atoms. The first-order chi connectivity index (χ1) is 6.29. The molecule has 0 aromatic carbocycles. The number of rotatable bonds is 5. The smallest absolute Gasteiger partial charge is 0.121 e.